The number of amides is 1. The average molecular weight is 343 g/mol. The van der Waals surface area contributed by atoms with Crippen LogP contribution in [0.4, 0.5) is 11.6 Å². The van der Waals surface area contributed by atoms with Gasteiger partial charge >= 0.3 is 0 Å². The van der Waals surface area contributed by atoms with Gasteiger partial charge in [0.15, 0.2) is 6.61 Å². The Morgan fingerprint density at radius 2 is 1.76 bits per heavy atom. The zero-order chi connectivity index (χ0) is 17.6. The Hall–Kier alpha value is -3.23. The molecule has 0 bridgehead atoms. The van der Waals surface area contributed by atoms with Gasteiger partial charge in [-0.25, -0.2) is 9.97 Å². The SMILES string of the molecule is O=C(COc1ccc([N+](=O)[O-])cc1)N1CCN(c2ncccn2)CC1. The van der Waals surface area contributed by atoms with Crippen molar-refractivity contribution in [1.29, 1.82) is 0 Å². The van der Waals surface area contributed by atoms with E-state index < -0.39 is 4.92 Å². The van der Waals surface area contributed by atoms with Crippen molar-refractivity contribution in [3.05, 3.63) is 52.8 Å². The molecule has 1 aliphatic heterocycles. The van der Waals surface area contributed by atoms with Gasteiger partial charge in [-0.3, -0.25) is 14.9 Å². The quantitative estimate of drug-likeness (QED) is 0.592. The van der Waals surface area contributed by atoms with E-state index in [0.29, 0.717) is 37.9 Å². The maximum absolute atomic E-state index is 12.2. The Morgan fingerprint density at radius 3 is 2.36 bits per heavy atom. The number of hydrogen-bond donors (Lipinski definition) is 0. The van der Waals surface area contributed by atoms with Crippen LogP contribution in [0, 0.1) is 10.1 Å². The number of nitro groups is 1. The van der Waals surface area contributed by atoms with Crippen LogP contribution in [0.15, 0.2) is 42.7 Å². The molecule has 3 rings (SSSR count). The molecule has 0 radical (unpaired) electrons. The van der Waals surface area contributed by atoms with E-state index in [9.17, 15) is 14.9 Å². The van der Waals surface area contributed by atoms with Crippen LogP contribution in [0.25, 0.3) is 0 Å². The van der Waals surface area contributed by atoms with Crippen LogP contribution in [-0.4, -0.2) is 58.5 Å². The van der Waals surface area contributed by atoms with Crippen molar-refractivity contribution in [3.8, 4) is 5.75 Å². The van der Waals surface area contributed by atoms with Crippen molar-refractivity contribution in [1.82, 2.24) is 14.9 Å². The van der Waals surface area contributed by atoms with Crippen LogP contribution in [0.3, 0.4) is 0 Å². The summed E-state index contributed by atoms with van der Waals surface area (Å²) in [6.07, 6.45) is 3.38. The number of benzene rings is 1. The summed E-state index contributed by atoms with van der Waals surface area (Å²) >= 11 is 0. The molecule has 130 valence electrons. The van der Waals surface area contributed by atoms with Gasteiger partial charge in [0.05, 0.1) is 4.92 Å². The first kappa shape index (κ1) is 16.6. The third kappa shape index (κ3) is 4.19. The van der Waals surface area contributed by atoms with Gasteiger partial charge in [0.1, 0.15) is 5.75 Å². The molecule has 1 fully saturated rings. The summed E-state index contributed by atoms with van der Waals surface area (Å²) < 4.78 is 5.42. The number of nitro benzene ring substituents is 1. The second-order valence-corrected chi connectivity index (χ2v) is 5.46. The first-order valence-corrected chi connectivity index (χ1v) is 7.80. The van der Waals surface area contributed by atoms with E-state index in [4.69, 9.17) is 4.74 Å². The second-order valence-electron chi connectivity index (χ2n) is 5.46. The van der Waals surface area contributed by atoms with Gasteiger partial charge in [0, 0.05) is 50.7 Å². The number of carbonyl (C=O) groups excluding carboxylic acids is 1. The van der Waals surface area contributed by atoms with Crippen LogP contribution in [0.1, 0.15) is 0 Å². The Kier molecular flexibility index (Phi) is 5.03. The van der Waals surface area contributed by atoms with Gasteiger partial charge in [0.25, 0.3) is 11.6 Å². The maximum Gasteiger partial charge on any atom is 0.269 e. The highest BCUT2D eigenvalue weighted by Crippen LogP contribution is 2.17. The Bertz CT molecular complexity index is 730. The van der Waals surface area contributed by atoms with Gasteiger partial charge in [0.2, 0.25) is 5.95 Å². The van der Waals surface area contributed by atoms with Crippen molar-refractivity contribution in [3.63, 3.8) is 0 Å². The molecule has 2 aromatic rings. The monoisotopic (exact) mass is 343 g/mol. The van der Waals surface area contributed by atoms with E-state index in [-0.39, 0.29) is 18.2 Å². The number of carbonyl (C=O) groups is 1. The number of rotatable bonds is 5. The summed E-state index contributed by atoms with van der Waals surface area (Å²) in [4.78, 5) is 34.5. The second kappa shape index (κ2) is 7.56. The summed E-state index contributed by atoms with van der Waals surface area (Å²) in [5.74, 6) is 0.971. The summed E-state index contributed by atoms with van der Waals surface area (Å²) in [5, 5.41) is 10.6. The van der Waals surface area contributed by atoms with Crippen molar-refractivity contribution < 1.29 is 14.5 Å². The van der Waals surface area contributed by atoms with E-state index in [1.54, 1.807) is 23.4 Å². The highest BCUT2D eigenvalue weighted by Gasteiger charge is 2.22. The molecule has 0 N–H and O–H groups in total. The number of aromatic nitrogens is 2. The van der Waals surface area contributed by atoms with Crippen LogP contribution < -0.4 is 9.64 Å². The van der Waals surface area contributed by atoms with E-state index in [1.165, 1.54) is 24.3 Å². The Balaban J connectivity index is 1.47. The summed E-state index contributed by atoms with van der Waals surface area (Å²) in [6, 6.07) is 7.42. The molecule has 0 unspecified atom stereocenters. The Labute approximate surface area is 144 Å². The lowest BCUT2D eigenvalue weighted by atomic mass is 10.3. The fraction of sp³-hybridized carbons (Fsp3) is 0.312. The molecular formula is C16H17N5O4. The molecule has 0 spiro atoms. The van der Waals surface area contributed by atoms with Crippen LogP contribution in [0.2, 0.25) is 0 Å². The smallest absolute Gasteiger partial charge is 0.269 e. The average Bonchev–Trinajstić information content (AvgIpc) is 2.67. The van der Waals surface area contributed by atoms with Crippen LogP contribution in [0.5, 0.6) is 5.75 Å². The third-order valence-electron chi connectivity index (χ3n) is 3.88. The largest absolute Gasteiger partial charge is 0.484 e. The summed E-state index contributed by atoms with van der Waals surface area (Å²) in [7, 11) is 0. The van der Waals surface area contributed by atoms with Crippen LogP contribution >= 0.6 is 0 Å². The Morgan fingerprint density at radius 1 is 1.12 bits per heavy atom. The predicted molar refractivity (Wildman–Crippen MR) is 89.4 cm³/mol. The lowest BCUT2D eigenvalue weighted by Gasteiger charge is -2.34. The molecule has 2 heterocycles. The van der Waals surface area contributed by atoms with Crippen molar-refractivity contribution in [2.24, 2.45) is 0 Å². The van der Waals surface area contributed by atoms with Gasteiger partial charge in [-0.1, -0.05) is 0 Å². The van der Waals surface area contributed by atoms with Gasteiger partial charge < -0.3 is 14.5 Å². The predicted octanol–water partition coefficient (Wildman–Crippen LogP) is 1.11. The number of anilines is 1. The van der Waals surface area contributed by atoms with Crippen LogP contribution in [-0.2, 0) is 4.79 Å². The molecule has 0 saturated carbocycles. The number of non-ortho nitro benzene ring substituents is 1. The summed E-state index contributed by atoms with van der Waals surface area (Å²) in [6.45, 7) is 2.36. The molecule has 1 amide bonds. The third-order valence-corrected chi connectivity index (χ3v) is 3.88. The standard InChI is InChI=1S/C16H17N5O4/c22-15(12-25-14-4-2-13(3-5-14)21(23)24)19-8-10-20(11-9-19)16-17-6-1-7-18-16/h1-7H,8-12H2. The molecule has 1 aromatic carbocycles. The van der Waals surface area contributed by atoms with Crippen molar-refractivity contribution in [2.45, 2.75) is 0 Å². The molecule has 0 aliphatic carbocycles. The molecule has 9 nitrogen and oxygen atoms in total. The fourth-order valence-corrected chi connectivity index (χ4v) is 2.51. The minimum atomic E-state index is -0.481. The van der Waals surface area contributed by atoms with Crippen molar-refractivity contribution >= 4 is 17.5 Å². The van der Waals surface area contributed by atoms with E-state index in [1.807, 2.05) is 4.90 Å². The lowest BCUT2D eigenvalue weighted by Crippen LogP contribution is -2.50. The van der Waals surface area contributed by atoms with E-state index >= 15 is 0 Å². The number of nitrogens with zero attached hydrogens (tertiary/aromatic N) is 5. The number of piperazine rings is 1. The van der Waals surface area contributed by atoms with Gasteiger partial charge in [-0.2, -0.15) is 0 Å². The molecule has 0 atom stereocenters. The highest BCUT2D eigenvalue weighted by molar-refractivity contribution is 5.78. The fourth-order valence-electron chi connectivity index (χ4n) is 2.51. The van der Waals surface area contributed by atoms with E-state index in [0.717, 1.165) is 0 Å². The van der Waals surface area contributed by atoms with Gasteiger partial charge in [-0.15, -0.1) is 0 Å². The number of ether oxygens (including phenoxy) is 1. The molecule has 9 heteroatoms. The minimum absolute atomic E-state index is 0.0158. The summed E-state index contributed by atoms with van der Waals surface area (Å²) in [5.41, 5.74) is -0.0158. The first-order chi connectivity index (χ1) is 12.1. The first-order valence-electron chi connectivity index (χ1n) is 7.80. The molecule has 1 aromatic heterocycles. The lowest BCUT2D eigenvalue weighted by molar-refractivity contribution is -0.384. The topological polar surface area (TPSA) is 102 Å². The zero-order valence-corrected chi connectivity index (χ0v) is 13.4. The zero-order valence-electron chi connectivity index (χ0n) is 13.4. The van der Waals surface area contributed by atoms with E-state index in [2.05, 4.69) is 9.97 Å². The van der Waals surface area contributed by atoms with Gasteiger partial charge in [-0.05, 0) is 18.2 Å². The van der Waals surface area contributed by atoms with Crippen molar-refractivity contribution in [2.75, 3.05) is 37.7 Å². The minimum Gasteiger partial charge on any atom is -0.484 e. The molecule has 1 aliphatic rings. The molecule has 1 saturated heterocycles. The number of hydrogen-bond acceptors (Lipinski definition) is 7. The maximum atomic E-state index is 12.2. The highest BCUT2D eigenvalue weighted by atomic mass is 16.6. The molecule has 25 heavy (non-hydrogen) atoms. The molecular weight excluding hydrogens is 326 g/mol. The normalized spacial score (nSPS) is 14.2.